The molecule has 0 unspecified atom stereocenters. The van der Waals surface area contributed by atoms with Crippen LogP contribution < -0.4 is 0 Å². The van der Waals surface area contributed by atoms with E-state index in [1.807, 2.05) is 30.6 Å². The largest absolute Gasteiger partial charge is 0.360 e. The molecule has 3 heterocycles. The van der Waals surface area contributed by atoms with E-state index >= 15 is 0 Å². The summed E-state index contributed by atoms with van der Waals surface area (Å²) in [4.78, 5) is 14.7. The van der Waals surface area contributed by atoms with Crippen molar-refractivity contribution in [3.63, 3.8) is 0 Å². The van der Waals surface area contributed by atoms with E-state index in [9.17, 15) is 0 Å². The van der Waals surface area contributed by atoms with E-state index in [0.717, 1.165) is 43.7 Å². The first-order valence-electron chi connectivity index (χ1n) is 7.68. The van der Waals surface area contributed by atoms with Gasteiger partial charge in [0.2, 0.25) is 0 Å². The molecule has 0 atom stereocenters. The molecule has 116 valence electrons. The third-order valence-corrected chi connectivity index (χ3v) is 4.79. The second kappa shape index (κ2) is 5.11. The molecule has 0 radical (unpaired) electrons. The Morgan fingerprint density at radius 2 is 1.79 bits per heavy atom. The van der Waals surface area contributed by atoms with Gasteiger partial charge in [-0.3, -0.25) is 0 Å². The van der Waals surface area contributed by atoms with Crippen LogP contribution in [0.3, 0.4) is 0 Å². The number of para-hydroxylation sites is 1. The summed E-state index contributed by atoms with van der Waals surface area (Å²) in [5.41, 5.74) is 5.30. The van der Waals surface area contributed by atoms with Crippen LogP contribution in [0.2, 0.25) is 0 Å². The summed E-state index contributed by atoms with van der Waals surface area (Å²) in [6.07, 6.45) is 3.86. The fraction of sp³-hybridized carbons (Fsp3) is 0. The highest BCUT2D eigenvalue weighted by molar-refractivity contribution is 9.10. The number of imidazole rings is 1. The van der Waals surface area contributed by atoms with Crippen LogP contribution in [0, 0.1) is 0 Å². The van der Waals surface area contributed by atoms with Crippen molar-refractivity contribution < 1.29 is 0 Å². The number of fused-ring (bicyclic) bond motifs is 2. The number of hydrogen-bond donors (Lipinski definition) is 3. The van der Waals surface area contributed by atoms with E-state index in [1.54, 1.807) is 0 Å². The lowest BCUT2D eigenvalue weighted by atomic mass is 10.2. The molecule has 5 aromatic rings. The van der Waals surface area contributed by atoms with E-state index in [0.29, 0.717) is 0 Å². The predicted molar refractivity (Wildman–Crippen MR) is 101 cm³/mol. The van der Waals surface area contributed by atoms with Gasteiger partial charge in [0.25, 0.3) is 0 Å². The third-order valence-electron chi connectivity index (χ3n) is 4.29. The monoisotopic (exact) mass is 376 g/mol. The predicted octanol–water partition coefficient (Wildman–Crippen LogP) is 5.47. The highest BCUT2D eigenvalue weighted by atomic mass is 79.9. The number of halogens is 1. The van der Waals surface area contributed by atoms with Gasteiger partial charge >= 0.3 is 0 Å². The lowest BCUT2D eigenvalue weighted by Crippen LogP contribution is -1.80. The lowest BCUT2D eigenvalue weighted by molar-refractivity contribution is 1.30. The smallest absolute Gasteiger partial charge is 0.139 e. The maximum atomic E-state index is 4.57. The molecule has 3 aromatic heterocycles. The molecule has 0 aliphatic rings. The first-order valence-corrected chi connectivity index (χ1v) is 8.47. The number of H-pyrrole nitrogens is 3. The van der Waals surface area contributed by atoms with Gasteiger partial charge in [-0.15, -0.1) is 0 Å². The van der Waals surface area contributed by atoms with Crippen LogP contribution in [-0.2, 0) is 0 Å². The maximum absolute atomic E-state index is 4.57. The number of nitrogens with one attached hydrogen (secondary N) is 3. The highest BCUT2D eigenvalue weighted by Gasteiger charge is 2.12. The van der Waals surface area contributed by atoms with Crippen molar-refractivity contribution in [2.24, 2.45) is 0 Å². The van der Waals surface area contributed by atoms with E-state index < -0.39 is 0 Å². The SMILES string of the molecule is Brc1ccc2c(-c3ncc(-c4cc5ccccc5[nH]4)[nH]3)c[nH]c2c1. The minimum atomic E-state index is 0.859. The van der Waals surface area contributed by atoms with Crippen LogP contribution in [0.4, 0.5) is 0 Å². The van der Waals surface area contributed by atoms with E-state index in [1.165, 1.54) is 5.39 Å². The summed E-state index contributed by atoms with van der Waals surface area (Å²) >= 11 is 3.50. The molecule has 4 nitrogen and oxygen atoms in total. The van der Waals surface area contributed by atoms with Crippen molar-refractivity contribution in [1.29, 1.82) is 0 Å². The zero-order valence-electron chi connectivity index (χ0n) is 12.6. The van der Waals surface area contributed by atoms with Gasteiger partial charge in [0.1, 0.15) is 5.82 Å². The van der Waals surface area contributed by atoms with E-state index in [4.69, 9.17) is 0 Å². The van der Waals surface area contributed by atoms with Crippen LogP contribution in [0.1, 0.15) is 0 Å². The molecular weight excluding hydrogens is 364 g/mol. The Labute approximate surface area is 146 Å². The van der Waals surface area contributed by atoms with Crippen molar-refractivity contribution >= 4 is 37.7 Å². The molecular formula is C19H13BrN4. The van der Waals surface area contributed by atoms with Gasteiger partial charge in [-0.2, -0.15) is 0 Å². The van der Waals surface area contributed by atoms with Crippen molar-refractivity contribution in [1.82, 2.24) is 19.9 Å². The molecule has 5 heteroatoms. The second-order valence-corrected chi connectivity index (χ2v) is 6.72. The van der Waals surface area contributed by atoms with Crippen LogP contribution in [0.15, 0.2) is 65.4 Å². The Morgan fingerprint density at radius 3 is 2.71 bits per heavy atom. The van der Waals surface area contributed by atoms with Gasteiger partial charge in [0, 0.05) is 38.0 Å². The highest BCUT2D eigenvalue weighted by Crippen LogP contribution is 2.30. The van der Waals surface area contributed by atoms with Gasteiger partial charge in [0.15, 0.2) is 0 Å². The molecule has 2 aromatic carbocycles. The Morgan fingerprint density at radius 1 is 0.875 bits per heavy atom. The molecule has 0 saturated heterocycles. The summed E-state index contributed by atoms with van der Waals surface area (Å²) in [6.45, 7) is 0. The normalized spacial score (nSPS) is 11.5. The van der Waals surface area contributed by atoms with Crippen molar-refractivity contribution in [2.45, 2.75) is 0 Å². The standard InChI is InChI=1S/C19H13BrN4/c20-12-5-6-13-14(9-21-16(13)8-12)19-22-10-18(24-19)17-7-11-3-1-2-4-15(11)23-17/h1-10,21,23H,(H,22,24). The molecule has 24 heavy (non-hydrogen) atoms. The average Bonchev–Trinajstić information content (AvgIpc) is 3.31. The summed E-state index contributed by atoms with van der Waals surface area (Å²) in [5, 5.41) is 2.34. The minimum Gasteiger partial charge on any atom is -0.360 e. The van der Waals surface area contributed by atoms with Crippen LogP contribution in [0.5, 0.6) is 0 Å². The lowest BCUT2D eigenvalue weighted by Gasteiger charge is -1.96. The van der Waals surface area contributed by atoms with Gasteiger partial charge in [-0.1, -0.05) is 40.2 Å². The number of benzene rings is 2. The number of nitrogens with zero attached hydrogens (tertiary/aromatic N) is 1. The van der Waals surface area contributed by atoms with Gasteiger partial charge in [-0.05, 0) is 24.3 Å². The fourth-order valence-electron chi connectivity index (χ4n) is 3.11. The minimum absolute atomic E-state index is 0.859. The molecule has 3 N–H and O–H groups in total. The zero-order valence-corrected chi connectivity index (χ0v) is 14.2. The summed E-state index contributed by atoms with van der Waals surface area (Å²) in [6, 6.07) is 16.6. The van der Waals surface area contributed by atoms with E-state index in [-0.39, 0.29) is 0 Å². The molecule has 0 spiro atoms. The summed E-state index contributed by atoms with van der Waals surface area (Å²) in [7, 11) is 0. The molecule has 0 saturated carbocycles. The average molecular weight is 377 g/mol. The van der Waals surface area contributed by atoms with Crippen LogP contribution >= 0.6 is 15.9 Å². The van der Waals surface area contributed by atoms with Crippen LogP contribution in [-0.4, -0.2) is 19.9 Å². The Kier molecular flexibility index (Phi) is 2.90. The van der Waals surface area contributed by atoms with Crippen molar-refractivity contribution in [3.8, 4) is 22.8 Å². The molecule has 5 rings (SSSR count). The first-order chi connectivity index (χ1) is 11.8. The number of aromatic amines is 3. The number of aromatic nitrogens is 4. The summed E-state index contributed by atoms with van der Waals surface area (Å²) in [5.74, 6) is 0.859. The number of hydrogen-bond acceptors (Lipinski definition) is 1. The van der Waals surface area contributed by atoms with Gasteiger partial charge in [-0.25, -0.2) is 4.98 Å². The van der Waals surface area contributed by atoms with Gasteiger partial charge in [0.05, 0.1) is 17.6 Å². The zero-order chi connectivity index (χ0) is 16.1. The Hall–Kier alpha value is -2.79. The topological polar surface area (TPSA) is 60.3 Å². The number of rotatable bonds is 2. The summed E-state index contributed by atoms with van der Waals surface area (Å²) < 4.78 is 1.06. The second-order valence-electron chi connectivity index (χ2n) is 5.81. The quantitative estimate of drug-likeness (QED) is 0.375. The maximum Gasteiger partial charge on any atom is 0.139 e. The van der Waals surface area contributed by atoms with Crippen LogP contribution in [0.25, 0.3) is 44.6 Å². The fourth-order valence-corrected chi connectivity index (χ4v) is 3.47. The molecule has 0 aliphatic heterocycles. The molecule has 0 aliphatic carbocycles. The first kappa shape index (κ1) is 13.6. The Balaban J connectivity index is 1.61. The molecule has 0 bridgehead atoms. The van der Waals surface area contributed by atoms with Gasteiger partial charge < -0.3 is 15.0 Å². The Bertz CT molecular complexity index is 1150. The molecule has 0 amide bonds. The third kappa shape index (κ3) is 2.09. The van der Waals surface area contributed by atoms with E-state index in [2.05, 4.69) is 66.2 Å². The van der Waals surface area contributed by atoms with Crippen molar-refractivity contribution in [2.75, 3.05) is 0 Å². The molecule has 0 fully saturated rings. The van der Waals surface area contributed by atoms with Crippen molar-refractivity contribution in [3.05, 3.63) is 65.4 Å².